The van der Waals surface area contributed by atoms with E-state index in [1.807, 2.05) is 0 Å². The Morgan fingerprint density at radius 2 is 1.94 bits per heavy atom. The second-order valence-corrected chi connectivity index (χ2v) is 3.61. The van der Waals surface area contributed by atoms with Crippen LogP contribution in [-0.4, -0.2) is 26.5 Å². The number of rotatable bonds is 2. The van der Waals surface area contributed by atoms with Crippen LogP contribution in [0, 0.1) is 11.8 Å². The predicted octanol–water partition coefficient (Wildman–Crippen LogP) is -0.743. The molecule has 0 fully saturated rings. The minimum absolute atomic E-state index is 0.173. The van der Waals surface area contributed by atoms with Gasteiger partial charge in [-0.05, 0) is 17.7 Å². The smallest absolute Gasteiger partial charge is 0.344 e. The molecule has 0 radical (unpaired) electrons. The summed E-state index contributed by atoms with van der Waals surface area (Å²) in [6, 6.07) is 7.13. The van der Waals surface area contributed by atoms with E-state index in [0.717, 1.165) is 15.7 Å². The molecule has 6 nitrogen and oxygen atoms in total. The Labute approximate surface area is 102 Å². The third-order valence-electron chi connectivity index (χ3n) is 2.35. The van der Waals surface area contributed by atoms with Gasteiger partial charge in [0.2, 0.25) is 0 Å². The minimum Gasteiger partial charge on any atom is -0.384 e. The Kier molecular flexibility index (Phi) is 3.46. The van der Waals surface area contributed by atoms with Gasteiger partial charge in [-0.15, -0.1) is 0 Å². The number of benzene rings is 1. The topological polar surface area (TPSA) is 90.9 Å². The van der Waals surface area contributed by atoms with Gasteiger partial charge in [-0.1, -0.05) is 24.0 Å². The molecule has 0 spiro atoms. The van der Waals surface area contributed by atoms with Crippen LogP contribution in [-0.2, 0) is 6.54 Å². The van der Waals surface area contributed by atoms with Gasteiger partial charge in [-0.25, -0.2) is 24.4 Å². The van der Waals surface area contributed by atoms with Gasteiger partial charge >= 0.3 is 11.4 Å². The van der Waals surface area contributed by atoms with Crippen molar-refractivity contribution in [3.8, 4) is 11.8 Å². The summed E-state index contributed by atoms with van der Waals surface area (Å²) in [5.41, 5.74) is 0.548. The lowest BCUT2D eigenvalue weighted by Crippen LogP contribution is -2.26. The van der Waals surface area contributed by atoms with Crippen LogP contribution in [0.1, 0.15) is 11.1 Å². The summed E-state index contributed by atoms with van der Waals surface area (Å²) in [5, 5.41) is 13.0. The molecule has 0 atom stereocenters. The molecule has 1 aromatic heterocycles. The molecule has 2 rings (SSSR count). The number of aromatic amines is 2. The fourth-order valence-electron chi connectivity index (χ4n) is 1.55. The molecule has 6 heteroatoms. The van der Waals surface area contributed by atoms with Crippen molar-refractivity contribution in [1.29, 1.82) is 0 Å². The molecule has 0 aliphatic heterocycles. The van der Waals surface area contributed by atoms with Gasteiger partial charge in [0.1, 0.15) is 6.61 Å². The third kappa shape index (κ3) is 2.59. The normalized spacial score (nSPS) is 9.83. The van der Waals surface area contributed by atoms with Gasteiger partial charge in [0.15, 0.2) is 0 Å². The zero-order chi connectivity index (χ0) is 13.0. The van der Waals surface area contributed by atoms with Gasteiger partial charge in [0.05, 0.1) is 6.54 Å². The quantitative estimate of drug-likeness (QED) is 0.608. The maximum Gasteiger partial charge on any atom is 0.344 e. The van der Waals surface area contributed by atoms with Crippen LogP contribution in [0.25, 0.3) is 0 Å². The number of nitrogens with zero attached hydrogens (tertiary/aromatic N) is 1. The van der Waals surface area contributed by atoms with E-state index in [0.29, 0.717) is 0 Å². The second kappa shape index (κ2) is 5.21. The summed E-state index contributed by atoms with van der Waals surface area (Å²) in [4.78, 5) is 22.6. The first-order chi connectivity index (χ1) is 8.70. The van der Waals surface area contributed by atoms with Gasteiger partial charge in [-0.2, -0.15) is 0 Å². The molecular weight excluding hydrogens is 234 g/mol. The number of hydrogen-bond acceptors (Lipinski definition) is 3. The van der Waals surface area contributed by atoms with E-state index in [2.05, 4.69) is 22.0 Å². The highest BCUT2D eigenvalue weighted by molar-refractivity contribution is 5.37. The second-order valence-electron chi connectivity index (χ2n) is 3.61. The van der Waals surface area contributed by atoms with E-state index in [9.17, 15) is 9.59 Å². The lowest BCUT2D eigenvalue weighted by atomic mass is 10.1. The molecule has 0 saturated carbocycles. The molecule has 92 valence electrons. The zero-order valence-corrected chi connectivity index (χ0v) is 9.43. The van der Waals surface area contributed by atoms with Crippen molar-refractivity contribution < 1.29 is 5.11 Å². The van der Waals surface area contributed by atoms with Crippen LogP contribution >= 0.6 is 0 Å². The molecule has 0 aliphatic rings. The van der Waals surface area contributed by atoms with Crippen LogP contribution < -0.4 is 11.4 Å². The Hall–Kier alpha value is -2.52. The predicted molar refractivity (Wildman–Crippen MR) is 65.2 cm³/mol. The Morgan fingerprint density at radius 3 is 2.61 bits per heavy atom. The lowest BCUT2D eigenvalue weighted by Gasteiger charge is -2.00. The molecule has 0 aliphatic carbocycles. The maximum absolute atomic E-state index is 11.3. The summed E-state index contributed by atoms with van der Waals surface area (Å²) in [6.07, 6.45) is 0. The first kappa shape index (κ1) is 12.0. The molecule has 1 heterocycles. The molecule has 0 saturated heterocycles. The number of aromatic nitrogens is 3. The number of H-pyrrole nitrogens is 2. The van der Waals surface area contributed by atoms with E-state index in [1.54, 1.807) is 24.3 Å². The van der Waals surface area contributed by atoms with E-state index in [4.69, 9.17) is 5.11 Å². The number of aliphatic hydroxyl groups excluding tert-OH is 1. The summed E-state index contributed by atoms with van der Waals surface area (Å²) < 4.78 is 1.05. The van der Waals surface area contributed by atoms with E-state index < -0.39 is 11.4 Å². The summed E-state index contributed by atoms with van der Waals surface area (Å²) in [7, 11) is 0. The monoisotopic (exact) mass is 245 g/mol. The van der Waals surface area contributed by atoms with Crippen molar-refractivity contribution in [3.05, 3.63) is 56.4 Å². The molecule has 0 amide bonds. The average molecular weight is 245 g/mol. The Balaban J connectivity index is 2.30. The summed E-state index contributed by atoms with van der Waals surface area (Å²) >= 11 is 0. The molecule has 1 aromatic carbocycles. The van der Waals surface area contributed by atoms with Crippen molar-refractivity contribution in [2.45, 2.75) is 6.54 Å². The van der Waals surface area contributed by atoms with Crippen molar-refractivity contribution in [2.24, 2.45) is 0 Å². The largest absolute Gasteiger partial charge is 0.384 e. The molecule has 0 unspecified atom stereocenters. The van der Waals surface area contributed by atoms with Crippen LogP contribution in [0.4, 0.5) is 0 Å². The highest BCUT2D eigenvalue weighted by atomic mass is 16.2. The molecular formula is C12H11N3O3. The van der Waals surface area contributed by atoms with Gasteiger partial charge in [0, 0.05) is 5.56 Å². The number of nitrogens with one attached hydrogen (secondary N) is 2. The molecule has 0 bridgehead atoms. The average Bonchev–Trinajstić information content (AvgIpc) is 2.69. The summed E-state index contributed by atoms with van der Waals surface area (Å²) in [6.45, 7) is -0.0342. The van der Waals surface area contributed by atoms with Crippen molar-refractivity contribution in [2.75, 3.05) is 6.61 Å². The van der Waals surface area contributed by atoms with E-state index in [-0.39, 0.29) is 13.2 Å². The molecule has 2 aromatic rings. The maximum atomic E-state index is 11.3. The Bertz CT molecular complexity index is 685. The fraction of sp³-hybridized carbons (Fsp3) is 0.167. The van der Waals surface area contributed by atoms with Crippen LogP contribution in [0.3, 0.4) is 0 Å². The van der Waals surface area contributed by atoms with Crippen molar-refractivity contribution >= 4 is 0 Å². The lowest BCUT2D eigenvalue weighted by molar-refractivity contribution is 0.350. The third-order valence-corrected chi connectivity index (χ3v) is 2.35. The standard InChI is InChI=1S/C12H11N3O3/c16-6-2-5-9-3-1-4-10(7-9)8-15-11(17)13-14-12(15)18/h1,3-4,7,16H,6,8H2,(H,13,17)(H,14,18). The van der Waals surface area contributed by atoms with E-state index >= 15 is 0 Å². The highest BCUT2D eigenvalue weighted by Crippen LogP contribution is 2.04. The number of aliphatic hydroxyl groups is 1. The Morgan fingerprint density at radius 1 is 1.22 bits per heavy atom. The van der Waals surface area contributed by atoms with Gasteiger partial charge in [0.25, 0.3) is 0 Å². The van der Waals surface area contributed by atoms with Crippen LogP contribution in [0.15, 0.2) is 33.9 Å². The van der Waals surface area contributed by atoms with E-state index in [1.165, 1.54) is 0 Å². The van der Waals surface area contributed by atoms with Crippen LogP contribution in [0.5, 0.6) is 0 Å². The first-order valence-electron chi connectivity index (χ1n) is 5.27. The zero-order valence-electron chi connectivity index (χ0n) is 9.43. The SMILES string of the molecule is O=c1[nH][nH]c(=O)n1Cc1cccc(C#CCO)c1. The highest BCUT2D eigenvalue weighted by Gasteiger charge is 2.03. The minimum atomic E-state index is -0.480. The van der Waals surface area contributed by atoms with Crippen molar-refractivity contribution in [3.63, 3.8) is 0 Å². The fourth-order valence-corrected chi connectivity index (χ4v) is 1.55. The molecule has 18 heavy (non-hydrogen) atoms. The molecule has 3 N–H and O–H groups in total. The van der Waals surface area contributed by atoms with Crippen LogP contribution in [0.2, 0.25) is 0 Å². The van der Waals surface area contributed by atoms with Gasteiger partial charge in [-0.3, -0.25) is 0 Å². The van der Waals surface area contributed by atoms with Crippen molar-refractivity contribution in [1.82, 2.24) is 14.8 Å². The summed E-state index contributed by atoms with van der Waals surface area (Å²) in [5.74, 6) is 5.30. The first-order valence-corrected chi connectivity index (χ1v) is 5.27. The number of hydrogen-bond donors (Lipinski definition) is 3. The van der Waals surface area contributed by atoms with Gasteiger partial charge < -0.3 is 5.11 Å².